The van der Waals surface area contributed by atoms with E-state index in [1.54, 1.807) is 24.3 Å². The van der Waals surface area contributed by atoms with Crippen molar-refractivity contribution in [3.8, 4) is 11.4 Å². The lowest BCUT2D eigenvalue weighted by Gasteiger charge is -2.19. The van der Waals surface area contributed by atoms with E-state index in [-0.39, 0.29) is 17.1 Å². The number of allylic oxidation sites excluding steroid dienone is 1. The van der Waals surface area contributed by atoms with Crippen LogP contribution in [-0.2, 0) is 16.8 Å². The molecule has 0 aliphatic heterocycles. The first-order valence-corrected chi connectivity index (χ1v) is 11.5. The molecule has 1 heterocycles. The molecule has 0 aliphatic rings. The van der Waals surface area contributed by atoms with Crippen LogP contribution in [0.4, 0.5) is 5.69 Å². The molecule has 0 saturated heterocycles. The van der Waals surface area contributed by atoms with Gasteiger partial charge in [0.1, 0.15) is 0 Å². The SMILES string of the molecule is C=CCn1c(SCC(=O)Nc2cc(Cl)ccc2Cl)nnc1-c1ccc(C(C)(C)C)cc1. The van der Waals surface area contributed by atoms with E-state index in [0.717, 1.165) is 11.4 Å². The standard InChI is InChI=1S/C23H24Cl2N4OS/c1-5-12-29-21(15-6-8-16(9-7-15)23(2,3)4)27-28-22(29)31-14-20(30)26-19-13-17(24)10-11-18(19)25/h5-11,13H,1,12,14H2,2-4H3,(H,26,30). The van der Waals surface area contributed by atoms with Crippen LogP contribution in [-0.4, -0.2) is 26.4 Å². The molecule has 31 heavy (non-hydrogen) atoms. The molecule has 1 amide bonds. The number of hydrogen-bond acceptors (Lipinski definition) is 4. The van der Waals surface area contributed by atoms with Crippen molar-refractivity contribution < 1.29 is 4.79 Å². The molecule has 1 N–H and O–H groups in total. The summed E-state index contributed by atoms with van der Waals surface area (Å²) in [4.78, 5) is 12.4. The first-order valence-electron chi connectivity index (χ1n) is 9.71. The van der Waals surface area contributed by atoms with Gasteiger partial charge in [-0.3, -0.25) is 9.36 Å². The summed E-state index contributed by atoms with van der Waals surface area (Å²) in [6.45, 7) is 10.9. The van der Waals surface area contributed by atoms with Gasteiger partial charge in [-0.05, 0) is 29.2 Å². The van der Waals surface area contributed by atoms with Crippen LogP contribution in [0, 0.1) is 0 Å². The predicted molar refractivity (Wildman–Crippen MR) is 130 cm³/mol. The Labute approximate surface area is 196 Å². The second-order valence-electron chi connectivity index (χ2n) is 7.99. The number of carbonyl (C=O) groups excluding carboxylic acids is 1. The average molecular weight is 475 g/mol. The monoisotopic (exact) mass is 474 g/mol. The number of nitrogens with one attached hydrogen (secondary N) is 1. The van der Waals surface area contributed by atoms with Crippen molar-refractivity contribution in [1.29, 1.82) is 0 Å². The maximum atomic E-state index is 12.4. The second-order valence-corrected chi connectivity index (χ2v) is 9.78. The summed E-state index contributed by atoms with van der Waals surface area (Å²) >= 11 is 13.4. The minimum Gasteiger partial charge on any atom is -0.324 e. The molecule has 2 aromatic carbocycles. The quantitative estimate of drug-likeness (QED) is 0.315. The van der Waals surface area contributed by atoms with Crippen molar-refractivity contribution in [3.05, 3.63) is 70.7 Å². The smallest absolute Gasteiger partial charge is 0.234 e. The van der Waals surface area contributed by atoms with Crippen LogP contribution in [0.5, 0.6) is 0 Å². The highest BCUT2D eigenvalue weighted by atomic mass is 35.5. The van der Waals surface area contributed by atoms with E-state index in [2.05, 4.69) is 55.0 Å². The third-order valence-corrected chi connectivity index (χ3v) is 6.10. The lowest BCUT2D eigenvalue weighted by molar-refractivity contribution is -0.113. The fourth-order valence-corrected chi connectivity index (χ4v) is 4.02. The van der Waals surface area contributed by atoms with Crippen LogP contribution in [0.25, 0.3) is 11.4 Å². The number of hydrogen-bond donors (Lipinski definition) is 1. The Morgan fingerprint density at radius 3 is 2.52 bits per heavy atom. The third kappa shape index (κ3) is 5.91. The molecule has 162 valence electrons. The number of carbonyl (C=O) groups is 1. The normalized spacial score (nSPS) is 11.4. The van der Waals surface area contributed by atoms with Crippen molar-refractivity contribution in [2.24, 2.45) is 0 Å². The molecule has 0 radical (unpaired) electrons. The lowest BCUT2D eigenvalue weighted by Crippen LogP contribution is -2.15. The molecular formula is C23H24Cl2N4OS. The van der Waals surface area contributed by atoms with Gasteiger partial charge in [0.15, 0.2) is 11.0 Å². The van der Waals surface area contributed by atoms with Crippen LogP contribution in [0.2, 0.25) is 10.0 Å². The zero-order valence-corrected chi connectivity index (χ0v) is 20.0. The van der Waals surface area contributed by atoms with Crippen molar-refractivity contribution in [2.45, 2.75) is 37.9 Å². The number of amides is 1. The van der Waals surface area contributed by atoms with Gasteiger partial charge in [-0.15, -0.1) is 16.8 Å². The Kier molecular flexibility index (Phi) is 7.46. The van der Waals surface area contributed by atoms with Crippen LogP contribution < -0.4 is 5.32 Å². The van der Waals surface area contributed by atoms with Crippen LogP contribution in [0.1, 0.15) is 26.3 Å². The number of anilines is 1. The minimum absolute atomic E-state index is 0.0770. The molecule has 0 unspecified atom stereocenters. The van der Waals surface area contributed by atoms with Gasteiger partial charge in [-0.2, -0.15) is 0 Å². The van der Waals surface area contributed by atoms with Gasteiger partial charge in [-0.25, -0.2) is 0 Å². The molecule has 3 aromatic rings. The van der Waals surface area contributed by atoms with E-state index in [1.807, 2.05) is 16.7 Å². The Morgan fingerprint density at radius 1 is 1.16 bits per heavy atom. The average Bonchev–Trinajstić information content (AvgIpc) is 3.11. The fraction of sp³-hybridized carbons (Fsp3) is 0.261. The molecule has 8 heteroatoms. The maximum absolute atomic E-state index is 12.4. The van der Waals surface area contributed by atoms with Gasteiger partial charge in [0.05, 0.1) is 16.5 Å². The van der Waals surface area contributed by atoms with Crippen LogP contribution in [0.3, 0.4) is 0 Å². The summed E-state index contributed by atoms with van der Waals surface area (Å²) in [5.41, 5.74) is 2.77. The number of halogens is 2. The Hall–Kier alpha value is -2.28. The molecule has 3 rings (SSSR count). The second kappa shape index (κ2) is 9.90. The van der Waals surface area contributed by atoms with Gasteiger partial charge in [0.2, 0.25) is 5.91 Å². The highest BCUT2D eigenvalue weighted by molar-refractivity contribution is 7.99. The molecule has 5 nitrogen and oxygen atoms in total. The molecule has 0 atom stereocenters. The van der Waals surface area contributed by atoms with Gasteiger partial charge in [-0.1, -0.05) is 86.1 Å². The Morgan fingerprint density at radius 2 is 1.87 bits per heavy atom. The van der Waals surface area contributed by atoms with Crippen LogP contribution >= 0.6 is 35.0 Å². The van der Waals surface area contributed by atoms with Gasteiger partial charge < -0.3 is 5.32 Å². The van der Waals surface area contributed by atoms with E-state index < -0.39 is 0 Å². The van der Waals surface area contributed by atoms with E-state index in [9.17, 15) is 4.79 Å². The predicted octanol–water partition coefficient (Wildman–Crippen LogP) is 6.47. The van der Waals surface area contributed by atoms with E-state index in [0.29, 0.717) is 27.4 Å². The summed E-state index contributed by atoms with van der Waals surface area (Å²) in [5, 5.41) is 13.0. The van der Waals surface area contributed by atoms with Crippen LogP contribution in [0.15, 0.2) is 60.3 Å². The highest BCUT2D eigenvalue weighted by Crippen LogP contribution is 2.29. The Balaban J connectivity index is 1.75. The first kappa shape index (κ1) is 23.4. The summed E-state index contributed by atoms with van der Waals surface area (Å²) in [7, 11) is 0. The minimum atomic E-state index is -0.210. The zero-order chi connectivity index (χ0) is 22.6. The lowest BCUT2D eigenvalue weighted by atomic mass is 9.87. The molecule has 0 spiro atoms. The van der Waals surface area contributed by atoms with Crippen molar-refractivity contribution in [2.75, 3.05) is 11.1 Å². The summed E-state index contributed by atoms with van der Waals surface area (Å²) in [6.07, 6.45) is 1.78. The molecule has 0 bridgehead atoms. The summed E-state index contributed by atoms with van der Waals surface area (Å²) < 4.78 is 1.95. The van der Waals surface area contributed by atoms with Gasteiger partial charge in [0.25, 0.3) is 0 Å². The molecule has 0 saturated carbocycles. The number of nitrogens with zero attached hydrogens (tertiary/aromatic N) is 3. The van der Waals surface area contributed by atoms with Crippen molar-refractivity contribution in [1.82, 2.24) is 14.8 Å². The first-order chi connectivity index (χ1) is 14.7. The third-order valence-electron chi connectivity index (χ3n) is 4.57. The molecule has 1 aromatic heterocycles. The summed E-state index contributed by atoms with van der Waals surface area (Å²) in [5.74, 6) is 0.681. The zero-order valence-electron chi connectivity index (χ0n) is 17.7. The topological polar surface area (TPSA) is 59.8 Å². The maximum Gasteiger partial charge on any atom is 0.234 e. The molecule has 0 fully saturated rings. The van der Waals surface area contributed by atoms with Gasteiger partial charge >= 0.3 is 0 Å². The number of aromatic nitrogens is 3. The highest BCUT2D eigenvalue weighted by Gasteiger charge is 2.17. The number of benzene rings is 2. The largest absolute Gasteiger partial charge is 0.324 e. The van der Waals surface area contributed by atoms with Crippen molar-refractivity contribution in [3.63, 3.8) is 0 Å². The van der Waals surface area contributed by atoms with Crippen molar-refractivity contribution >= 4 is 46.6 Å². The summed E-state index contributed by atoms with van der Waals surface area (Å²) in [6, 6.07) is 13.2. The molecular weight excluding hydrogens is 451 g/mol. The van der Waals surface area contributed by atoms with E-state index in [4.69, 9.17) is 23.2 Å². The van der Waals surface area contributed by atoms with Gasteiger partial charge in [0, 0.05) is 17.1 Å². The van der Waals surface area contributed by atoms with E-state index >= 15 is 0 Å². The van der Waals surface area contributed by atoms with E-state index in [1.165, 1.54) is 17.3 Å². The number of thioether (sulfide) groups is 1. The number of rotatable bonds is 7. The Bertz CT molecular complexity index is 1090. The fourth-order valence-electron chi connectivity index (χ4n) is 2.93. The molecule has 0 aliphatic carbocycles.